The fraction of sp³-hybridized carbons (Fsp3) is 0.440. The number of nitrogens with zero attached hydrogens (tertiary/aromatic N) is 3. The summed E-state index contributed by atoms with van der Waals surface area (Å²) in [5.41, 5.74) is 4.36. The lowest BCUT2D eigenvalue weighted by molar-refractivity contribution is 0.0391. The molecule has 1 aliphatic heterocycles. The molecule has 0 radical (unpaired) electrons. The van der Waals surface area contributed by atoms with Crippen molar-refractivity contribution in [3.8, 4) is 5.75 Å². The summed E-state index contributed by atoms with van der Waals surface area (Å²) in [5, 5.41) is 0.740. The van der Waals surface area contributed by atoms with Crippen molar-refractivity contribution in [2.45, 2.75) is 25.7 Å². The number of methoxy groups -OCH3 is 1. The van der Waals surface area contributed by atoms with Crippen molar-refractivity contribution in [1.29, 1.82) is 0 Å². The van der Waals surface area contributed by atoms with Crippen molar-refractivity contribution in [3.63, 3.8) is 0 Å². The van der Waals surface area contributed by atoms with Gasteiger partial charge < -0.3 is 9.47 Å². The van der Waals surface area contributed by atoms with Gasteiger partial charge in [0.2, 0.25) is 0 Å². The summed E-state index contributed by atoms with van der Waals surface area (Å²) in [6, 6.07) is 12.1. The van der Waals surface area contributed by atoms with E-state index in [0.717, 1.165) is 72.4 Å². The molecule has 6 nitrogen and oxygen atoms in total. The van der Waals surface area contributed by atoms with Crippen molar-refractivity contribution in [1.82, 2.24) is 9.88 Å². The molecule has 1 saturated heterocycles. The highest BCUT2D eigenvalue weighted by Gasteiger charge is 2.24. The number of hydrogen-bond donors (Lipinski definition) is 0. The predicted octanol–water partition coefficient (Wildman–Crippen LogP) is 4.16. The van der Waals surface area contributed by atoms with Crippen molar-refractivity contribution >= 4 is 32.6 Å². The highest BCUT2D eigenvalue weighted by atomic mass is 32.1. The lowest BCUT2D eigenvalue weighted by atomic mass is 9.90. The minimum absolute atomic E-state index is 0.0256. The maximum absolute atomic E-state index is 13.7. The van der Waals surface area contributed by atoms with Crippen LogP contribution >= 0.6 is 11.3 Å². The van der Waals surface area contributed by atoms with Crippen molar-refractivity contribution in [3.05, 3.63) is 53.1 Å². The second-order valence-corrected chi connectivity index (χ2v) is 9.44. The fourth-order valence-electron chi connectivity index (χ4n) is 4.51. The van der Waals surface area contributed by atoms with E-state index in [-0.39, 0.29) is 5.91 Å². The molecule has 0 bridgehead atoms. The molecule has 1 fully saturated rings. The zero-order valence-corrected chi connectivity index (χ0v) is 19.3. The molecule has 2 aromatic carbocycles. The zero-order chi connectivity index (χ0) is 21.9. The Bertz CT molecular complexity index is 1110. The van der Waals surface area contributed by atoms with E-state index in [4.69, 9.17) is 14.5 Å². The molecule has 1 aromatic heterocycles. The van der Waals surface area contributed by atoms with Crippen LogP contribution in [-0.2, 0) is 17.6 Å². The SMILES string of the molecule is COc1ccc2nc(N(CCN3CCOCC3)C(=O)c3ccc4c(c3)CCCC4)sc2c1. The van der Waals surface area contributed by atoms with Crippen LogP contribution < -0.4 is 9.64 Å². The van der Waals surface area contributed by atoms with E-state index in [0.29, 0.717) is 6.54 Å². The van der Waals surface area contributed by atoms with Crippen molar-refractivity contribution in [2.24, 2.45) is 0 Å². The number of carbonyl (C=O) groups is 1. The van der Waals surface area contributed by atoms with Gasteiger partial charge in [-0.1, -0.05) is 17.4 Å². The Morgan fingerprint density at radius 3 is 2.75 bits per heavy atom. The van der Waals surface area contributed by atoms with Gasteiger partial charge in [0.25, 0.3) is 5.91 Å². The van der Waals surface area contributed by atoms with Gasteiger partial charge in [0.05, 0.1) is 30.5 Å². The molecule has 0 unspecified atom stereocenters. The third-order valence-electron chi connectivity index (χ3n) is 6.40. The number of thiazole rings is 1. The minimum atomic E-state index is 0.0256. The largest absolute Gasteiger partial charge is 0.497 e. The Hall–Kier alpha value is -2.48. The number of rotatable bonds is 6. The Kier molecular flexibility index (Phi) is 6.39. The summed E-state index contributed by atoms with van der Waals surface area (Å²) in [6.45, 7) is 4.71. The van der Waals surface area contributed by atoms with Crippen LogP contribution in [0.25, 0.3) is 10.2 Å². The van der Waals surface area contributed by atoms with Crippen LogP contribution in [0.1, 0.15) is 34.3 Å². The van der Waals surface area contributed by atoms with Gasteiger partial charge in [0.15, 0.2) is 5.13 Å². The Balaban J connectivity index is 1.45. The van der Waals surface area contributed by atoms with E-state index in [9.17, 15) is 4.79 Å². The molecule has 3 aromatic rings. The van der Waals surface area contributed by atoms with Crippen LogP contribution in [0.5, 0.6) is 5.75 Å². The molecule has 2 heterocycles. The third-order valence-corrected chi connectivity index (χ3v) is 7.44. The molecule has 0 saturated carbocycles. The highest BCUT2D eigenvalue weighted by molar-refractivity contribution is 7.22. The zero-order valence-electron chi connectivity index (χ0n) is 18.5. The van der Waals surface area contributed by atoms with E-state index in [1.807, 2.05) is 29.2 Å². The summed E-state index contributed by atoms with van der Waals surface area (Å²) in [4.78, 5) is 22.8. The summed E-state index contributed by atoms with van der Waals surface area (Å²) in [7, 11) is 1.66. The number of ether oxygens (including phenoxy) is 2. The van der Waals surface area contributed by atoms with Gasteiger partial charge >= 0.3 is 0 Å². The monoisotopic (exact) mass is 451 g/mol. The second kappa shape index (κ2) is 9.57. The van der Waals surface area contributed by atoms with Crippen molar-refractivity contribution < 1.29 is 14.3 Å². The van der Waals surface area contributed by atoms with Gasteiger partial charge in [-0.25, -0.2) is 4.98 Å². The van der Waals surface area contributed by atoms with Crippen LogP contribution in [0.3, 0.4) is 0 Å². The lowest BCUT2D eigenvalue weighted by Gasteiger charge is -2.29. The second-order valence-electron chi connectivity index (χ2n) is 8.43. The molecule has 168 valence electrons. The minimum Gasteiger partial charge on any atom is -0.497 e. The molecular formula is C25H29N3O3S. The molecule has 1 aliphatic carbocycles. The molecular weight excluding hydrogens is 422 g/mol. The summed E-state index contributed by atoms with van der Waals surface area (Å²) in [5.74, 6) is 0.825. The molecule has 7 heteroatoms. The Morgan fingerprint density at radius 2 is 1.94 bits per heavy atom. The fourth-order valence-corrected chi connectivity index (χ4v) is 5.53. The predicted molar refractivity (Wildman–Crippen MR) is 128 cm³/mol. The topological polar surface area (TPSA) is 54.9 Å². The van der Waals surface area contributed by atoms with E-state index < -0.39 is 0 Å². The van der Waals surface area contributed by atoms with Gasteiger partial charge in [0.1, 0.15) is 5.75 Å². The van der Waals surface area contributed by atoms with Crippen LogP contribution in [0.4, 0.5) is 5.13 Å². The van der Waals surface area contributed by atoms with Crippen LogP contribution in [-0.4, -0.2) is 62.3 Å². The molecule has 2 aliphatic rings. The van der Waals surface area contributed by atoms with Gasteiger partial charge in [0, 0.05) is 31.7 Å². The Labute approximate surface area is 192 Å². The number of carbonyl (C=O) groups excluding carboxylic acids is 1. The lowest BCUT2D eigenvalue weighted by Crippen LogP contribution is -2.43. The molecule has 1 amide bonds. The number of anilines is 1. The quantitative estimate of drug-likeness (QED) is 0.563. The van der Waals surface area contributed by atoms with Crippen LogP contribution in [0.2, 0.25) is 0 Å². The highest BCUT2D eigenvalue weighted by Crippen LogP contribution is 2.32. The standard InChI is InChI=1S/C25H29N3O3S/c1-30-21-8-9-22-23(17-21)32-25(26-22)28(11-10-27-12-14-31-15-13-27)24(29)20-7-6-18-4-2-3-5-19(18)16-20/h6-9,16-17H,2-5,10-15H2,1H3. The third kappa shape index (κ3) is 4.51. The first kappa shape index (κ1) is 21.4. The van der Waals surface area contributed by atoms with Crippen LogP contribution in [0, 0.1) is 0 Å². The van der Waals surface area contributed by atoms with Crippen molar-refractivity contribution in [2.75, 3.05) is 51.4 Å². The number of fused-ring (bicyclic) bond motifs is 2. The van der Waals surface area contributed by atoms with Gasteiger partial charge in [-0.2, -0.15) is 0 Å². The van der Waals surface area contributed by atoms with Gasteiger partial charge in [-0.05, 0) is 67.1 Å². The van der Waals surface area contributed by atoms with Crippen LogP contribution in [0.15, 0.2) is 36.4 Å². The van der Waals surface area contributed by atoms with Gasteiger partial charge in [-0.3, -0.25) is 14.6 Å². The van der Waals surface area contributed by atoms with E-state index in [2.05, 4.69) is 17.0 Å². The van der Waals surface area contributed by atoms with E-state index in [1.165, 1.54) is 24.0 Å². The number of hydrogen-bond acceptors (Lipinski definition) is 6. The number of amides is 1. The molecule has 0 atom stereocenters. The van der Waals surface area contributed by atoms with E-state index in [1.54, 1.807) is 18.4 Å². The first-order valence-corrected chi connectivity index (χ1v) is 12.2. The maximum atomic E-state index is 13.7. The molecule has 32 heavy (non-hydrogen) atoms. The Morgan fingerprint density at radius 1 is 1.12 bits per heavy atom. The molecule has 0 spiro atoms. The maximum Gasteiger partial charge on any atom is 0.260 e. The summed E-state index contributed by atoms with van der Waals surface area (Å²) >= 11 is 1.54. The number of benzene rings is 2. The number of aryl methyl sites for hydroxylation is 2. The summed E-state index contributed by atoms with van der Waals surface area (Å²) < 4.78 is 11.9. The van der Waals surface area contributed by atoms with Gasteiger partial charge in [-0.15, -0.1) is 0 Å². The normalized spacial score (nSPS) is 16.7. The van der Waals surface area contributed by atoms with E-state index >= 15 is 0 Å². The first-order chi connectivity index (χ1) is 15.7. The number of morpholine rings is 1. The average molecular weight is 452 g/mol. The number of aromatic nitrogens is 1. The molecule has 0 N–H and O–H groups in total. The average Bonchev–Trinajstić information content (AvgIpc) is 3.27. The first-order valence-electron chi connectivity index (χ1n) is 11.4. The summed E-state index contributed by atoms with van der Waals surface area (Å²) in [6.07, 6.45) is 4.61. The molecule has 5 rings (SSSR count). The smallest absolute Gasteiger partial charge is 0.260 e.